The van der Waals surface area contributed by atoms with Crippen LogP contribution in [0.5, 0.6) is 0 Å². The van der Waals surface area contributed by atoms with E-state index in [1.54, 1.807) is 6.26 Å². The van der Waals surface area contributed by atoms with Crippen molar-refractivity contribution in [3.05, 3.63) is 105 Å². The number of benzene rings is 3. The fourth-order valence-electron chi connectivity index (χ4n) is 3.77. The molecule has 0 unspecified atom stereocenters. The van der Waals surface area contributed by atoms with Gasteiger partial charge in [0.1, 0.15) is 11.2 Å². The van der Waals surface area contributed by atoms with E-state index >= 15 is 0 Å². The van der Waals surface area contributed by atoms with Crippen molar-refractivity contribution in [2.75, 3.05) is 0 Å². The maximum absolute atomic E-state index is 12.7. The van der Waals surface area contributed by atoms with Gasteiger partial charge in [-0.2, -0.15) is 0 Å². The van der Waals surface area contributed by atoms with Crippen molar-refractivity contribution in [3.63, 3.8) is 0 Å². The Labute approximate surface area is 175 Å². The summed E-state index contributed by atoms with van der Waals surface area (Å²) in [6.07, 6.45) is 2.30. The molecule has 0 aliphatic rings. The molecule has 2 heterocycles. The van der Waals surface area contributed by atoms with Crippen molar-refractivity contribution >= 4 is 37.9 Å². The Hall–Kier alpha value is -3.11. The van der Waals surface area contributed by atoms with Gasteiger partial charge in [0.2, 0.25) is 0 Å². The summed E-state index contributed by atoms with van der Waals surface area (Å²) < 4.78 is 12.5. The fraction of sp³-hybridized carbons (Fsp3) is 0.0800. The van der Waals surface area contributed by atoms with E-state index in [2.05, 4.69) is 34.1 Å². The second-order valence-corrected chi connectivity index (χ2v) is 8.07. The summed E-state index contributed by atoms with van der Waals surface area (Å²) in [6.45, 7) is 1.99. The van der Waals surface area contributed by atoms with Crippen LogP contribution in [0.3, 0.4) is 0 Å². The summed E-state index contributed by atoms with van der Waals surface area (Å²) in [6, 6.07) is 22.0. The second kappa shape index (κ2) is 7.05. The number of hydrogen-bond donors (Lipinski definition) is 0. The zero-order valence-corrected chi connectivity index (χ0v) is 17.3. The molecule has 29 heavy (non-hydrogen) atoms. The van der Waals surface area contributed by atoms with Crippen molar-refractivity contribution in [1.29, 1.82) is 0 Å². The van der Waals surface area contributed by atoms with Crippen molar-refractivity contribution in [2.45, 2.75) is 13.3 Å². The van der Waals surface area contributed by atoms with Gasteiger partial charge in [-0.3, -0.25) is 0 Å². The van der Waals surface area contributed by atoms with E-state index in [4.69, 9.17) is 8.83 Å². The second-order valence-electron chi connectivity index (χ2n) is 7.16. The predicted octanol–water partition coefficient (Wildman–Crippen LogP) is 6.87. The Kier molecular flexibility index (Phi) is 4.36. The van der Waals surface area contributed by atoms with E-state index in [0.29, 0.717) is 23.2 Å². The van der Waals surface area contributed by atoms with Gasteiger partial charge in [-0.25, -0.2) is 4.79 Å². The summed E-state index contributed by atoms with van der Waals surface area (Å²) >= 11 is 3.48. The van der Waals surface area contributed by atoms with Crippen molar-refractivity contribution in [2.24, 2.45) is 0 Å². The molecule has 0 aliphatic carbocycles. The van der Waals surface area contributed by atoms with Gasteiger partial charge in [0, 0.05) is 38.9 Å². The van der Waals surface area contributed by atoms with Crippen LogP contribution in [0, 0.1) is 6.92 Å². The molecule has 0 fully saturated rings. The van der Waals surface area contributed by atoms with Gasteiger partial charge in [-0.15, -0.1) is 0 Å². The highest BCUT2D eigenvalue weighted by Crippen LogP contribution is 2.35. The number of fused-ring (bicyclic) bond motifs is 2. The molecule has 3 nitrogen and oxygen atoms in total. The molecule has 0 spiro atoms. The molecule has 3 aromatic carbocycles. The average Bonchev–Trinajstić information content (AvgIpc) is 3.14. The Morgan fingerprint density at radius 3 is 2.41 bits per heavy atom. The monoisotopic (exact) mass is 444 g/mol. The Balaban J connectivity index is 1.70. The Bertz CT molecular complexity index is 1390. The third-order valence-corrected chi connectivity index (χ3v) is 5.89. The highest BCUT2D eigenvalue weighted by molar-refractivity contribution is 9.10. The van der Waals surface area contributed by atoms with Crippen LogP contribution in [-0.2, 0) is 6.42 Å². The van der Waals surface area contributed by atoms with Gasteiger partial charge in [0.25, 0.3) is 0 Å². The van der Waals surface area contributed by atoms with Crippen molar-refractivity contribution in [1.82, 2.24) is 0 Å². The Morgan fingerprint density at radius 2 is 1.66 bits per heavy atom. The zero-order valence-electron chi connectivity index (χ0n) is 15.7. The molecule has 5 aromatic rings. The summed E-state index contributed by atoms with van der Waals surface area (Å²) in [5.74, 6) is 0. The maximum Gasteiger partial charge on any atom is 0.340 e. The molecule has 0 saturated heterocycles. The number of halogens is 1. The van der Waals surface area contributed by atoms with Gasteiger partial charge in [0.15, 0.2) is 0 Å². The smallest absolute Gasteiger partial charge is 0.340 e. The van der Waals surface area contributed by atoms with Crippen LogP contribution in [0.15, 0.2) is 91.1 Å². The van der Waals surface area contributed by atoms with E-state index < -0.39 is 0 Å². The first-order chi connectivity index (χ1) is 14.1. The molecule has 0 aliphatic heterocycles. The number of hydrogen-bond acceptors (Lipinski definition) is 3. The van der Waals surface area contributed by atoms with Crippen molar-refractivity contribution < 1.29 is 8.83 Å². The van der Waals surface area contributed by atoms with Crippen LogP contribution in [0.2, 0.25) is 0 Å². The molecular formula is C25H17BrO3. The van der Waals surface area contributed by atoms with Crippen LogP contribution in [0.4, 0.5) is 0 Å². The molecule has 4 heteroatoms. The van der Waals surface area contributed by atoms with Crippen LogP contribution in [0.25, 0.3) is 33.1 Å². The molecular weight excluding hydrogens is 428 g/mol. The minimum Gasteiger partial charge on any atom is -0.464 e. The van der Waals surface area contributed by atoms with E-state index in [1.807, 2.05) is 55.5 Å². The predicted molar refractivity (Wildman–Crippen MR) is 119 cm³/mol. The minimum atomic E-state index is -0.294. The SMILES string of the molecule is Cc1c(Cc2ccccc2)c(=O)oc2cc3occ(-c4ccc(Br)cc4)c3cc12. The normalized spacial score (nSPS) is 11.4. The molecule has 0 radical (unpaired) electrons. The lowest BCUT2D eigenvalue weighted by Gasteiger charge is -2.08. The molecule has 5 rings (SSSR count). The van der Waals surface area contributed by atoms with Gasteiger partial charge in [-0.05, 0) is 41.8 Å². The van der Waals surface area contributed by atoms with Crippen molar-refractivity contribution in [3.8, 4) is 11.1 Å². The van der Waals surface area contributed by atoms with Gasteiger partial charge in [0.05, 0.1) is 6.26 Å². The average molecular weight is 445 g/mol. The summed E-state index contributed by atoms with van der Waals surface area (Å²) in [7, 11) is 0. The first kappa shape index (κ1) is 18.0. The summed E-state index contributed by atoms with van der Waals surface area (Å²) in [5, 5.41) is 1.94. The molecule has 0 atom stereocenters. The first-order valence-corrected chi connectivity index (χ1v) is 10.2. The van der Waals surface area contributed by atoms with Gasteiger partial charge < -0.3 is 8.83 Å². The quantitative estimate of drug-likeness (QED) is 0.285. The molecule has 0 N–H and O–H groups in total. The van der Waals surface area contributed by atoms with E-state index in [1.165, 1.54) is 0 Å². The summed E-state index contributed by atoms with van der Waals surface area (Å²) in [4.78, 5) is 12.7. The molecule has 0 bridgehead atoms. The number of rotatable bonds is 3. The molecule has 142 valence electrons. The largest absolute Gasteiger partial charge is 0.464 e. The maximum atomic E-state index is 12.7. The zero-order chi connectivity index (χ0) is 20.0. The van der Waals surface area contributed by atoms with Crippen LogP contribution < -0.4 is 5.63 Å². The third-order valence-electron chi connectivity index (χ3n) is 5.36. The van der Waals surface area contributed by atoms with Gasteiger partial charge in [-0.1, -0.05) is 58.4 Å². The van der Waals surface area contributed by atoms with Crippen LogP contribution in [0.1, 0.15) is 16.7 Å². The molecule has 0 saturated carbocycles. The molecule has 0 amide bonds. The lowest BCUT2D eigenvalue weighted by Crippen LogP contribution is -2.10. The number of furan rings is 1. The fourth-order valence-corrected chi connectivity index (χ4v) is 4.03. The highest BCUT2D eigenvalue weighted by atomic mass is 79.9. The third kappa shape index (κ3) is 3.19. The topological polar surface area (TPSA) is 43.4 Å². The highest BCUT2D eigenvalue weighted by Gasteiger charge is 2.16. The summed E-state index contributed by atoms with van der Waals surface area (Å²) in [5.41, 5.74) is 5.78. The first-order valence-electron chi connectivity index (χ1n) is 9.37. The lowest BCUT2D eigenvalue weighted by atomic mass is 9.97. The number of aryl methyl sites for hydroxylation is 1. The molecule has 2 aromatic heterocycles. The van der Waals surface area contributed by atoms with E-state index in [-0.39, 0.29) is 5.63 Å². The minimum absolute atomic E-state index is 0.294. The standard InChI is InChI=1S/C25H17BrO3/c1-15-19-12-21-22(17-7-9-18(26)10-8-17)14-28-23(21)13-24(19)29-25(27)20(15)11-16-5-3-2-4-6-16/h2-10,12-14H,11H2,1H3. The lowest BCUT2D eigenvalue weighted by molar-refractivity contribution is 0.549. The van der Waals surface area contributed by atoms with E-state index in [9.17, 15) is 4.79 Å². The van der Waals surface area contributed by atoms with Crippen LogP contribution >= 0.6 is 15.9 Å². The van der Waals surface area contributed by atoms with E-state index in [0.717, 1.165) is 37.5 Å². The van der Waals surface area contributed by atoms with Crippen LogP contribution in [-0.4, -0.2) is 0 Å². The Morgan fingerprint density at radius 1 is 0.897 bits per heavy atom. The van der Waals surface area contributed by atoms with Gasteiger partial charge >= 0.3 is 5.63 Å².